The van der Waals surface area contributed by atoms with Crippen molar-refractivity contribution in [3.63, 3.8) is 0 Å². The Balaban J connectivity index is 2.77. The molecule has 0 bridgehead atoms. The molecule has 0 aromatic carbocycles. The monoisotopic (exact) mass is 215 g/mol. The van der Waals surface area contributed by atoms with Crippen molar-refractivity contribution in [2.45, 2.75) is 17.9 Å². The van der Waals surface area contributed by atoms with E-state index in [1.165, 1.54) is 0 Å². The topological polar surface area (TPSA) is 33.1 Å². The second-order valence-corrected chi connectivity index (χ2v) is 3.85. The normalized spacial score (nSPS) is 15.9. The molecule has 1 rings (SSSR count). The van der Waals surface area contributed by atoms with Crippen LogP contribution in [-0.4, -0.2) is 14.9 Å². The highest BCUT2D eigenvalue weighted by Crippen LogP contribution is 2.20. The molecule has 0 aliphatic heterocycles. The van der Waals surface area contributed by atoms with E-state index in [1.54, 1.807) is 12.4 Å². The van der Waals surface area contributed by atoms with Gasteiger partial charge in [-0.15, -0.1) is 0 Å². The van der Waals surface area contributed by atoms with Crippen LogP contribution in [0.1, 0.15) is 18.6 Å². The minimum Gasteiger partial charge on any atom is -0.387 e. The summed E-state index contributed by atoms with van der Waals surface area (Å²) in [5.74, 6) is 0. The second kappa shape index (κ2) is 3.83. The summed E-state index contributed by atoms with van der Waals surface area (Å²) in [6, 6.07) is 3.62. The summed E-state index contributed by atoms with van der Waals surface area (Å²) >= 11 is 3.31. The fourth-order valence-corrected chi connectivity index (χ4v) is 1.13. The Kier molecular flexibility index (Phi) is 3.02. The summed E-state index contributed by atoms with van der Waals surface area (Å²) in [5, 5.41) is 9.52. The van der Waals surface area contributed by atoms with Crippen LogP contribution in [0.25, 0.3) is 0 Å². The summed E-state index contributed by atoms with van der Waals surface area (Å²) in [5.41, 5.74) is 0.893. The molecule has 1 aromatic heterocycles. The molecule has 1 N–H and O–H groups in total. The van der Waals surface area contributed by atoms with Crippen LogP contribution in [0, 0.1) is 0 Å². The minimum atomic E-state index is -0.446. The Morgan fingerprint density at radius 2 is 2.00 bits per heavy atom. The first-order valence-corrected chi connectivity index (χ1v) is 4.35. The maximum Gasteiger partial charge on any atom is 0.0913 e. The van der Waals surface area contributed by atoms with Crippen LogP contribution in [0.3, 0.4) is 0 Å². The van der Waals surface area contributed by atoms with E-state index in [2.05, 4.69) is 20.9 Å². The van der Waals surface area contributed by atoms with Gasteiger partial charge in [0.1, 0.15) is 0 Å². The predicted molar refractivity (Wildman–Crippen MR) is 47.6 cm³/mol. The predicted octanol–water partition coefficient (Wildman–Crippen LogP) is 1.90. The Morgan fingerprint density at radius 1 is 1.45 bits per heavy atom. The standard InChI is InChI=1S/C8H10BrNO/c1-6(9)8(11)7-2-4-10-5-3-7/h2-6,8,11H,1H3. The molecule has 2 nitrogen and oxygen atoms in total. The number of hydrogen-bond donors (Lipinski definition) is 1. The summed E-state index contributed by atoms with van der Waals surface area (Å²) in [6.07, 6.45) is 2.90. The molecule has 0 aliphatic rings. The van der Waals surface area contributed by atoms with Crippen LogP contribution < -0.4 is 0 Å². The third kappa shape index (κ3) is 2.27. The number of pyridine rings is 1. The first-order chi connectivity index (χ1) is 5.22. The van der Waals surface area contributed by atoms with Crippen molar-refractivity contribution >= 4 is 15.9 Å². The SMILES string of the molecule is CC(Br)C(O)c1ccncc1. The van der Waals surface area contributed by atoms with Gasteiger partial charge in [-0.3, -0.25) is 4.98 Å². The van der Waals surface area contributed by atoms with Crippen LogP contribution in [0.5, 0.6) is 0 Å². The molecule has 0 spiro atoms. The number of aliphatic hydroxyl groups excluding tert-OH is 1. The fourth-order valence-electron chi connectivity index (χ4n) is 0.826. The zero-order valence-electron chi connectivity index (χ0n) is 6.24. The van der Waals surface area contributed by atoms with Gasteiger partial charge < -0.3 is 5.11 Å². The Bertz CT molecular complexity index is 213. The number of halogens is 1. The first-order valence-electron chi connectivity index (χ1n) is 3.44. The fraction of sp³-hybridized carbons (Fsp3) is 0.375. The Hall–Kier alpha value is -0.410. The number of aromatic nitrogens is 1. The molecule has 60 valence electrons. The number of alkyl halides is 1. The van der Waals surface area contributed by atoms with Crippen LogP contribution in [0.4, 0.5) is 0 Å². The molecular formula is C8H10BrNO. The van der Waals surface area contributed by atoms with Crippen molar-refractivity contribution < 1.29 is 5.11 Å². The van der Waals surface area contributed by atoms with Crippen LogP contribution in [0.15, 0.2) is 24.5 Å². The maximum absolute atomic E-state index is 9.52. The molecule has 1 heterocycles. The van der Waals surface area contributed by atoms with Crippen LogP contribution in [-0.2, 0) is 0 Å². The first kappa shape index (κ1) is 8.68. The van der Waals surface area contributed by atoms with E-state index in [9.17, 15) is 5.11 Å². The molecule has 11 heavy (non-hydrogen) atoms. The van der Waals surface area contributed by atoms with Gasteiger partial charge in [0.05, 0.1) is 6.10 Å². The maximum atomic E-state index is 9.52. The van der Waals surface area contributed by atoms with Crippen molar-refractivity contribution in [1.82, 2.24) is 4.98 Å². The minimum absolute atomic E-state index is 0.0740. The third-order valence-corrected chi connectivity index (χ3v) is 1.98. The summed E-state index contributed by atoms with van der Waals surface area (Å²) in [7, 11) is 0. The smallest absolute Gasteiger partial charge is 0.0913 e. The molecule has 0 radical (unpaired) electrons. The zero-order valence-corrected chi connectivity index (χ0v) is 7.82. The molecule has 3 heteroatoms. The highest BCUT2D eigenvalue weighted by Gasteiger charge is 2.11. The Morgan fingerprint density at radius 3 is 2.45 bits per heavy atom. The number of hydrogen-bond acceptors (Lipinski definition) is 2. The van der Waals surface area contributed by atoms with Crippen molar-refractivity contribution in [2.24, 2.45) is 0 Å². The molecule has 0 amide bonds. The van der Waals surface area contributed by atoms with Gasteiger partial charge in [-0.25, -0.2) is 0 Å². The molecule has 2 atom stereocenters. The highest BCUT2D eigenvalue weighted by atomic mass is 79.9. The zero-order chi connectivity index (χ0) is 8.27. The highest BCUT2D eigenvalue weighted by molar-refractivity contribution is 9.09. The van der Waals surface area contributed by atoms with Gasteiger partial charge in [-0.2, -0.15) is 0 Å². The summed E-state index contributed by atoms with van der Waals surface area (Å²) < 4.78 is 0. The van der Waals surface area contributed by atoms with Crippen molar-refractivity contribution in [2.75, 3.05) is 0 Å². The van der Waals surface area contributed by atoms with E-state index in [1.807, 2.05) is 19.1 Å². The lowest BCUT2D eigenvalue weighted by molar-refractivity contribution is 0.181. The van der Waals surface area contributed by atoms with E-state index in [4.69, 9.17) is 0 Å². The van der Waals surface area contributed by atoms with E-state index in [0.717, 1.165) is 5.56 Å². The van der Waals surface area contributed by atoms with Gasteiger partial charge in [-0.05, 0) is 24.6 Å². The largest absolute Gasteiger partial charge is 0.387 e. The van der Waals surface area contributed by atoms with Gasteiger partial charge in [0, 0.05) is 17.2 Å². The third-order valence-electron chi connectivity index (χ3n) is 1.48. The number of aliphatic hydroxyl groups is 1. The average Bonchev–Trinajstić information content (AvgIpc) is 2.05. The number of nitrogens with zero attached hydrogens (tertiary/aromatic N) is 1. The van der Waals surface area contributed by atoms with Gasteiger partial charge in [0.25, 0.3) is 0 Å². The van der Waals surface area contributed by atoms with Crippen molar-refractivity contribution in [1.29, 1.82) is 0 Å². The summed E-state index contributed by atoms with van der Waals surface area (Å²) in [6.45, 7) is 1.91. The number of rotatable bonds is 2. The average molecular weight is 216 g/mol. The Labute approximate surface area is 74.4 Å². The molecule has 0 saturated carbocycles. The lowest BCUT2D eigenvalue weighted by atomic mass is 10.1. The lowest BCUT2D eigenvalue weighted by Gasteiger charge is -2.12. The van der Waals surface area contributed by atoms with E-state index in [0.29, 0.717) is 0 Å². The van der Waals surface area contributed by atoms with Crippen molar-refractivity contribution in [3.05, 3.63) is 30.1 Å². The van der Waals surface area contributed by atoms with E-state index in [-0.39, 0.29) is 4.83 Å². The quantitative estimate of drug-likeness (QED) is 0.766. The van der Waals surface area contributed by atoms with Crippen LogP contribution >= 0.6 is 15.9 Å². The molecule has 0 saturated heterocycles. The van der Waals surface area contributed by atoms with E-state index >= 15 is 0 Å². The molecule has 0 aliphatic carbocycles. The second-order valence-electron chi connectivity index (χ2n) is 2.40. The summed E-state index contributed by atoms with van der Waals surface area (Å²) in [4.78, 5) is 3.93. The molecule has 2 unspecified atom stereocenters. The van der Waals surface area contributed by atoms with E-state index < -0.39 is 6.10 Å². The van der Waals surface area contributed by atoms with Gasteiger partial charge >= 0.3 is 0 Å². The van der Waals surface area contributed by atoms with Gasteiger partial charge in [0.15, 0.2) is 0 Å². The van der Waals surface area contributed by atoms with Crippen LogP contribution in [0.2, 0.25) is 0 Å². The molecule has 0 fully saturated rings. The van der Waals surface area contributed by atoms with Crippen molar-refractivity contribution in [3.8, 4) is 0 Å². The lowest BCUT2D eigenvalue weighted by Crippen LogP contribution is -2.07. The van der Waals surface area contributed by atoms with Gasteiger partial charge in [0.2, 0.25) is 0 Å². The molecule has 1 aromatic rings. The van der Waals surface area contributed by atoms with Gasteiger partial charge in [-0.1, -0.05) is 15.9 Å². The molecular weight excluding hydrogens is 206 g/mol.